The highest BCUT2D eigenvalue weighted by Crippen LogP contribution is 2.36. The van der Waals surface area contributed by atoms with Crippen LogP contribution in [0.5, 0.6) is 5.75 Å². The summed E-state index contributed by atoms with van der Waals surface area (Å²) in [5, 5.41) is 10.2. The van der Waals surface area contributed by atoms with Crippen molar-refractivity contribution >= 4 is 9.84 Å². The largest absolute Gasteiger partial charge is 0.507 e. The fraction of sp³-hybridized carbons (Fsp3) is 0.333. The number of fused-ring (bicyclic) bond motifs is 1. The topological polar surface area (TPSA) is 57.6 Å². The smallest absolute Gasteiger partial charge is 0.179 e. The van der Waals surface area contributed by atoms with Gasteiger partial charge in [0.15, 0.2) is 9.84 Å². The molecule has 0 saturated carbocycles. The molecule has 3 rings (SSSR count). The number of aromatic hydroxyl groups is 1. The number of nitrogens with zero attached hydrogens (tertiary/aromatic N) is 1. The summed E-state index contributed by atoms with van der Waals surface area (Å²) in [6.07, 6.45) is 1.91. The molecule has 1 heterocycles. The summed E-state index contributed by atoms with van der Waals surface area (Å²) in [4.78, 5) is 2.27. The molecule has 1 aliphatic heterocycles. The van der Waals surface area contributed by atoms with Gasteiger partial charge in [0.05, 0.1) is 0 Å². The molecule has 0 amide bonds. The summed E-state index contributed by atoms with van der Waals surface area (Å²) in [5.41, 5.74) is 3.20. The molecule has 0 aromatic heterocycles. The maximum absolute atomic E-state index is 11.9. The first-order valence-electron chi connectivity index (χ1n) is 7.65. The highest BCUT2D eigenvalue weighted by atomic mass is 32.2. The van der Waals surface area contributed by atoms with Crippen molar-refractivity contribution < 1.29 is 13.5 Å². The van der Waals surface area contributed by atoms with E-state index in [-0.39, 0.29) is 16.6 Å². The summed E-state index contributed by atoms with van der Waals surface area (Å²) in [6.45, 7) is 1.71. The molecule has 0 saturated heterocycles. The minimum Gasteiger partial charge on any atom is -0.507 e. The van der Waals surface area contributed by atoms with Crippen molar-refractivity contribution in [3.05, 3.63) is 59.2 Å². The summed E-state index contributed by atoms with van der Waals surface area (Å²) in [7, 11) is -1.37. The van der Waals surface area contributed by atoms with Crippen molar-refractivity contribution in [2.45, 2.75) is 17.2 Å². The molecular weight excluding hydrogens is 310 g/mol. The second-order valence-electron chi connectivity index (χ2n) is 6.27. The Balaban J connectivity index is 2.17. The van der Waals surface area contributed by atoms with Gasteiger partial charge in [-0.3, -0.25) is 0 Å². The SMILES string of the molecule is CN1CCc2cc(S(C)(=O)=O)c(O)cc2C(c2ccccc2)C1. The Bertz CT molecular complexity index is 816. The minimum absolute atomic E-state index is 0.0209. The van der Waals surface area contributed by atoms with E-state index in [1.807, 2.05) is 18.2 Å². The van der Waals surface area contributed by atoms with Crippen LogP contribution in [-0.2, 0) is 16.3 Å². The number of phenolic OH excluding ortho intramolecular Hbond substituents is 1. The molecule has 0 radical (unpaired) electrons. The number of hydrogen-bond donors (Lipinski definition) is 1. The fourth-order valence-corrected chi connectivity index (χ4v) is 4.04. The van der Waals surface area contributed by atoms with Crippen LogP contribution in [-0.4, -0.2) is 44.8 Å². The van der Waals surface area contributed by atoms with E-state index >= 15 is 0 Å². The van der Waals surface area contributed by atoms with E-state index in [0.29, 0.717) is 0 Å². The molecule has 1 unspecified atom stereocenters. The second-order valence-corrected chi connectivity index (χ2v) is 8.25. The standard InChI is InChI=1S/C18H21NO3S/c1-19-9-8-14-10-18(23(2,21)22)17(20)11-15(14)16(12-19)13-6-4-3-5-7-13/h3-7,10-11,16,20H,8-9,12H2,1-2H3. The molecule has 23 heavy (non-hydrogen) atoms. The molecule has 1 N–H and O–H groups in total. The molecule has 0 aliphatic carbocycles. The maximum atomic E-state index is 11.9. The van der Waals surface area contributed by atoms with Crippen LogP contribution in [0, 0.1) is 0 Å². The predicted molar refractivity (Wildman–Crippen MR) is 90.7 cm³/mol. The Morgan fingerprint density at radius 2 is 1.87 bits per heavy atom. The third-order valence-electron chi connectivity index (χ3n) is 4.45. The van der Waals surface area contributed by atoms with Gasteiger partial charge in [-0.25, -0.2) is 8.42 Å². The van der Waals surface area contributed by atoms with Gasteiger partial charge in [-0.05, 0) is 42.3 Å². The molecular formula is C18H21NO3S. The number of hydrogen-bond acceptors (Lipinski definition) is 4. The van der Waals surface area contributed by atoms with Gasteiger partial charge in [-0.15, -0.1) is 0 Å². The molecule has 4 nitrogen and oxygen atoms in total. The highest BCUT2D eigenvalue weighted by molar-refractivity contribution is 7.90. The first-order valence-corrected chi connectivity index (χ1v) is 9.54. The van der Waals surface area contributed by atoms with Crippen molar-refractivity contribution in [2.75, 3.05) is 26.4 Å². The van der Waals surface area contributed by atoms with E-state index in [2.05, 4.69) is 24.1 Å². The molecule has 0 fully saturated rings. The van der Waals surface area contributed by atoms with Crippen LogP contribution in [0.15, 0.2) is 47.4 Å². The molecule has 1 atom stereocenters. The summed E-state index contributed by atoms with van der Waals surface area (Å²) in [6, 6.07) is 13.4. The van der Waals surface area contributed by atoms with E-state index in [0.717, 1.165) is 36.9 Å². The van der Waals surface area contributed by atoms with Crippen molar-refractivity contribution in [3.8, 4) is 5.75 Å². The van der Waals surface area contributed by atoms with Gasteiger partial charge >= 0.3 is 0 Å². The lowest BCUT2D eigenvalue weighted by atomic mass is 9.88. The third kappa shape index (κ3) is 3.26. The van der Waals surface area contributed by atoms with Crippen molar-refractivity contribution in [1.29, 1.82) is 0 Å². The van der Waals surface area contributed by atoms with E-state index < -0.39 is 9.84 Å². The number of benzene rings is 2. The molecule has 1 aliphatic rings. The van der Waals surface area contributed by atoms with Gasteiger partial charge < -0.3 is 10.0 Å². The zero-order valence-electron chi connectivity index (χ0n) is 13.4. The van der Waals surface area contributed by atoms with Gasteiger partial charge in [0, 0.05) is 25.3 Å². The zero-order chi connectivity index (χ0) is 16.6. The molecule has 2 aromatic carbocycles. The lowest BCUT2D eigenvalue weighted by Gasteiger charge is -2.22. The van der Waals surface area contributed by atoms with Crippen LogP contribution in [0.3, 0.4) is 0 Å². The van der Waals surface area contributed by atoms with Gasteiger partial charge in [0.1, 0.15) is 10.6 Å². The molecule has 0 bridgehead atoms. The average Bonchev–Trinajstić information content (AvgIpc) is 2.66. The number of phenols is 1. The Kier molecular flexibility index (Phi) is 4.17. The highest BCUT2D eigenvalue weighted by Gasteiger charge is 2.26. The first-order chi connectivity index (χ1) is 10.9. The molecule has 122 valence electrons. The first kappa shape index (κ1) is 16.0. The van der Waals surface area contributed by atoms with Crippen LogP contribution < -0.4 is 0 Å². The minimum atomic E-state index is -3.44. The lowest BCUT2D eigenvalue weighted by molar-refractivity contribution is 0.338. The quantitative estimate of drug-likeness (QED) is 0.918. The van der Waals surface area contributed by atoms with E-state index in [4.69, 9.17) is 0 Å². The molecule has 0 spiro atoms. The number of rotatable bonds is 2. The monoisotopic (exact) mass is 331 g/mol. The average molecular weight is 331 g/mol. The Hall–Kier alpha value is -1.85. The Morgan fingerprint density at radius 3 is 2.52 bits per heavy atom. The van der Waals surface area contributed by atoms with Crippen molar-refractivity contribution in [2.24, 2.45) is 0 Å². The van der Waals surface area contributed by atoms with E-state index in [1.165, 1.54) is 5.56 Å². The Labute approximate surface area is 137 Å². The number of sulfone groups is 1. The second kappa shape index (κ2) is 5.98. The third-order valence-corrected chi connectivity index (χ3v) is 5.58. The van der Waals surface area contributed by atoms with Gasteiger partial charge in [-0.2, -0.15) is 0 Å². The van der Waals surface area contributed by atoms with Crippen LogP contribution in [0.1, 0.15) is 22.6 Å². The van der Waals surface area contributed by atoms with Crippen molar-refractivity contribution in [1.82, 2.24) is 4.90 Å². The predicted octanol–water partition coefficient (Wildman–Crippen LogP) is 2.42. The van der Waals surface area contributed by atoms with Crippen LogP contribution >= 0.6 is 0 Å². The van der Waals surface area contributed by atoms with E-state index in [1.54, 1.807) is 12.1 Å². The lowest BCUT2D eigenvalue weighted by Crippen LogP contribution is -2.24. The van der Waals surface area contributed by atoms with Gasteiger partial charge in [0.2, 0.25) is 0 Å². The summed E-state index contributed by atoms with van der Waals surface area (Å²) < 4.78 is 23.7. The Morgan fingerprint density at radius 1 is 1.17 bits per heavy atom. The fourth-order valence-electron chi connectivity index (χ4n) is 3.25. The molecule has 5 heteroatoms. The maximum Gasteiger partial charge on any atom is 0.179 e. The van der Waals surface area contributed by atoms with Crippen LogP contribution in [0.4, 0.5) is 0 Å². The van der Waals surface area contributed by atoms with E-state index in [9.17, 15) is 13.5 Å². The van der Waals surface area contributed by atoms with Gasteiger partial charge in [0.25, 0.3) is 0 Å². The van der Waals surface area contributed by atoms with Gasteiger partial charge in [-0.1, -0.05) is 30.3 Å². The van der Waals surface area contributed by atoms with Crippen LogP contribution in [0.2, 0.25) is 0 Å². The molecule has 2 aromatic rings. The van der Waals surface area contributed by atoms with Crippen LogP contribution in [0.25, 0.3) is 0 Å². The summed E-state index contributed by atoms with van der Waals surface area (Å²) >= 11 is 0. The van der Waals surface area contributed by atoms with Crippen molar-refractivity contribution in [3.63, 3.8) is 0 Å². The zero-order valence-corrected chi connectivity index (χ0v) is 14.2. The number of likely N-dealkylation sites (N-methyl/N-ethyl adjacent to an activating group) is 1. The normalized spacial score (nSPS) is 19.1. The summed E-state index contributed by atoms with van der Waals surface area (Å²) in [5.74, 6) is -0.0325.